The lowest BCUT2D eigenvalue weighted by Gasteiger charge is -2.31. The van der Waals surface area contributed by atoms with E-state index in [1.54, 1.807) is 0 Å². The fourth-order valence-corrected chi connectivity index (χ4v) is 3.03. The third kappa shape index (κ3) is 3.41. The molecule has 2 nitrogen and oxygen atoms in total. The molecule has 0 unspecified atom stereocenters. The Labute approximate surface area is 122 Å². The molecule has 0 spiro atoms. The average Bonchev–Trinajstić information content (AvgIpc) is 2.93. The molecule has 0 heterocycles. The second-order valence-electron chi connectivity index (χ2n) is 6.75. The molecular weight excluding hydrogens is 248 g/mol. The van der Waals surface area contributed by atoms with Gasteiger partial charge in [-0.25, -0.2) is 4.79 Å². The molecule has 1 aromatic rings. The van der Waals surface area contributed by atoms with Crippen molar-refractivity contribution in [1.29, 1.82) is 0 Å². The second kappa shape index (κ2) is 5.99. The summed E-state index contributed by atoms with van der Waals surface area (Å²) >= 11 is 0. The Balaban J connectivity index is 2.09. The van der Waals surface area contributed by atoms with Crippen LogP contribution < -0.4 is 0 Å². The molecular formula is C18H26O2. The topological polar surface area (TPSA) is 26.3 Å². The number of hydrogen-bond acceptors (Lipinski definition) is 2. The first-order chi connectivity index (χ1) is 9.40. The Kier molecular flexibility index (Phi) is 4.52. The van der Waals surface area contributed by atoms with Crippen LogP contribution in [0.25, 0.3) is 0 Å². The van der Waals surface area contributed by atoms with E-state index in [1.807, 2.05) is 32.0 Å². The van der Waals surface area contributed by atoms with E-state index >= 15 is 0 Å². The number of carbonyl (C=O) groups excluding carboxylic acids is 1. The van der Waals surface area contributed by atoms with Gasteiger partial charge in [0, 0.05) is 0 Å². The first-order valence-corrected chi connectivity index (χ1v) is 7.73. The molecule has 2 rings (SSSR count). The van der Waals surface area contributed by atoms with Crippen LogP contribution >= 0.6 is 0 Å². The highest BCUT2D eigenvalue weighted by molar-refractivity contribution is 5.89. The number of hydrogen-bond donors (Lipinski definition) is 0. The number of rotatable bonds is 4. The van der Waals surface area contributed by atoms with Crippen LogP contribution in [0, 0.1) is 5.92 Å². The highest BCUT2D eigenvalue weighted by atomic mass is 16.6. The zero-order chi connectivity index (χ0) is 14.8. The Morgan fingerprint density at radius 2 is 1.90 bits per heavy atom. The van der Waals surface area contributed by atoms with E-state index in [0.29, 0.717) is 17.4 Å². The van der Waals surface area contributed by atoms with Crippen LogP contribution in [-0.4, -0.2) is 11.6 Å². The predicted octanol–water partition coefficient (Wildman–Crippen LogP) is 4.94. The lowest BCUT2D eigenvalue weighted by Crippen LogP contribution is -2.35. The molecule has 0 aromatic heterocycles. The van der Waals surface area contributed by atoms with Gasteiger partial charge in [-0.15, -0.1) is 0 Å². The molecule has 1 fully saturated rings. The van der Waals surface area contributed by atoms with Crippen molar-refractivity contribution in [3.8, 4) is 0 Å². The van der Waals surface area contributed by atoms with Crippen LogP contribution in [-0.2, 0) is 4.74 Å². The molecule has 0 aliphatic heterocycles. The van der Waals surface area contributed by atoms with Crippen molar-refractivity contribution < 1.29 is 9.53 Å². The third-order valence-corrected chi connectivity index (χ3v) is 4.48. The summed E-state index contributed by atoms with van der Waals surface area (Å²) < 4.78 is 5.80. The fourth-order valence-electron chi connectivity index (χ4n) is 3.03. The van der Waals surface area contributed by atoms with E-state index in [4.69, 9.17) is 4.74 Å². The molecule has 1 aliphatic rings. The van der Waals surface area contributed by atoms with Crippen LogP contribution in [0.3, 0.4) is 0 Å². The lowest BCUT2D eigenvalue weighted by molar-refractivity contribution is -0.0285. The molecule has 0 amide bonds. The number of esters is 1. The van der Waals surface area contributed by atoms with Gasteiger partial charge in [0.25, 0.3) is 0 Å². The van der Waals surface area contributed by atoms with E-state index in [0.717, 1.165) is 0 Å². The fraction of sp³-hybridized carbons (Fsp3) is 0.611. The lowest BCUT2D eigenvalue weighted by atomic mass is 9.89. The average molecular weight is 274 g/mol. The Hall–Kier alpha value is -1.31. The molecule has 1 aromatic carbocycles. The van der Waals surface area contributed by atoms with Crippen molar-refractivity contribution in [2.75, 3.05) is 0 Å². The highest BCUT2D eigenvalue weighted by Gasteiger charge is 2.35. The molecule has 0 atom stereocenters. The second-order valence-corrected chi connectivity index (χ2v) is 6.75. The van der Waals surface area contributed by atoms with Crippen molar-refractivity contribution in [2.45, 2.75) is 64.9 Å². The van der Waals surface area contributed by atoms with Gasteiger partial charge in [0.2, 0.25) is 0 Å². The van der Waals surface area contributed by atoms with Gasteiger partial charge in [-0.3, -0.25) is 0 Å². The monoisotopic (exact) mass is 274 g/mol. The van der Waals surface area contributed by atoms with E-state index in [2.05, 4.69) is 19.9 Å². The van der Waals surface area contributed by atoms with Gasteiger partial charge in [0.1, 0.15) is 5.60 Å². The van der Waals surface area contributed by atoms with Crippen LogP contribution in [0.15, 0.2) is 24.3 Å². The van der Waals surface area contributed by atoms with E-state index < -0.39 is 0 Å². The van der Waals surface area contributed by atoms with Crippen LogP contribution in [0.5, 0.6) is 0 Å². The summed E-state index contributed by atoms with van der Waals surface area (Å²) in [7, 11) is 0. The first kappa shape index (κ1) is 15.1. The Bertz CT molecular complexity index is 468. The van der Waals surface area contributed by atoms with Crippen molar-refractivity contribution in [1.82, 2.24) is 0 Å². The van der Waals surface area contributed by atoms with Gasteiger partial charge in [-0.2, -0.15) is 0 Å². The van der Waals surface area contributed by atoms with Gasteiger partial charge in [0.05, 0.1) is 5.56 Å². The standard InChI is InChI=1S/C18H26O2/c1-13(2)14-8-7-9-15(12-14)17(19)20-18(3,4)16-10-5-6-11-16/h7-9,12-13,16H,5-6,10-11H2,1-4H3. The number of benzene rings is 1. The van der Waals surface area contributed by atoms with Crippen LogP contribution in [0.1, 0.15) is 75.2 Å². The Morgan fingerprint density at radius 3 is 2.50 bits per heavy atom. The van der Waals surface area contributed by atoms with E-state index in [1.165, 1.54) is 31.2 Å². The maximum absolute atomic E-state index is 12.4. The summed E-state index contributed by atoms with van der Waals surface area (Å²) in [4.78, 5) is 12.4. The summed E-state index contributed by atoms with van der Waals surface area (Å²) in [5, 5.41) is 0. The van der Waals surface area contributed by atoms with Gasteiger partial charge in [-0.05, 0) is 56.2 Å². The number of ether oxygens (including phenoxy) is 1. The number of carbonyl (C=O) groups is 1. The molecule has 0 radical (unpaired) electrons. The minimum Gasteiger partial charge on any atom is -0.456 e. The predicted molar refractivity (Wildman–Crippen MR) is 82.0 cm³/mol. The quantitative estimate of drug-likeness (QED) is 0.727. The van der Waals surface area contributed by atoms with Gasteiger partial charge in [-0.1, -0.05) is 38.8 Å². The Morgan fingerprint density at radius 1 is 1.25 bits per heavy atom. The molecule has 0 N–H and O–H groups in total. The highest BCUT2D eigenvalue weighted by Crippen LogP contribution is 2.36. The van der Waals surface area contributed by atoms with Gasteiger partial charge in [0.15, 0.2) is 0 Å². The summed E-state index contributed by atoms with van der Waals surface area (Å²) in [5.74, 6) is 0.731. The smallest absolute Gasteiger partial charge is 0.338 e. The van der Waals surface area contributed by atoms with Gasteiger partial charge < -0.3 is 4.74 Å². The third-order valence-electron chi connectivity index (χ3n) is 4.48. The summed E-state index contributed by atoms with van der Waals surface area (Å²) in [6, 6.07) is 7.80. The van der Waals surface area contributed by atoms with Crippen LogP contribution in [0.2, 0.25) is 0 Å². The van der Waals surface area contributed by atoms with Crippen molar-refractivity contribution in [2.24, 2.45) is 5.92 Å². The van der Waals surface area contributed by atoms with Crippen molar-refractivity contribution in [3.05, 3.63) is 35.4 Å². The molecule has 0 bridgehead atoms. The summed E-state index contributed by atoms with van der Waals surface area (Å²) in [6.07, 6.45) is 4.86. The van der Waals surface area contributed by atoms with Crippen molar-refractivity contribution >= 4 is 5.97 Å². The first-order valence-electron chi connectivity index (χ1n) is 7.73. The zero-order valence-corrected chi connectivity index (χ0v) is 13.1. The summed E-state index contributed by atoms with van der Waals surface area (Å²) in [5.41, 5.74) is 1.49. The van der Waals surface area contributed by atoms with Crippen LogP contribution in [0.4, 0.5) is 0 Å². The maximum Gasteiger partial charge on any atom is 0.338 e. The molecule has 1 saturated carbocycles. The minimum absolute atomic E-state index is 0.190. The molecule has 2 heteroatoms. The van der Waals surface area contributed by atoms with E-state index in [9.17, 15) is 4.79 Å². The molecule has 0 saturated heterocycles. The van der Waals surface area contributed by atoms with Gasteiger partial charge >= 0.3 is 5.97 Å². The minimum atomic E-state index is -0.360. The normalized spacial score (nSPS) is 16.6. The van der Waals surface area contributed by atoms with E-state index in [-0.39, 0.29) is 11.6 Å². The summed E-state index contributed by atoms with van der Waals surface area (Å²) in [6.45, 7) is 8.36. The molecule has 20 heavy (non-hydrogen) atoms. The maximum atomic E-state index is 12.4. The molecule has 110 valence electrons. The largest absolute Gasteiger partial charge is 0.456 e. The SMILES string of the molecule is CC(C)c1cccc(C(=O)OC(C)(C)C2CCCC2)c1. The van der Waals surface area contributed by atoms with Crippen molar-refractivity contribution in [3.63, 3.8) is 0 Å². The zero-order valence-electron chi connectivity index (χ0n) is 13.1. The molecule has 1 aliphatic carbocycles.